The van der Waals surface area contributed by atoms with Gasteiger partial charge >= 0.3 is 6.18 Å². The van der Waals surface area contributed by atoms with E-state index < -0.39 is 37.3 Å². The first-order valence-electron chi connectivity index (χ1n) is 24.5. The summed E-state index contributed by atoms with van der Waals surface area (Å²) in [6.07, 6.45) is -4.48. The number of hydrogen-bond donors (Lipinski definition) is 0. The van der Waals surface area contributed by atoms with Crippen LogP contribution in [0.1, 0.15) is 41.8 Å². The van der Waals surface area contributed by atoms with E-state index in [1.54, 1.807) is 43.5 Å². The molecule has 0 radical (unpaired) electrons. The molecule has 0 saturated heterocycles. The number of nitrogens with zero attached hydrogens (tertiary/aromatic N) is 4. The van der Waals surface area contributed by atoms with Gasteiger partial charge in [-0.1, -0.05) is 97.1 Å². The molecule has 4 aromatic rings. The van der Waals surface area contributed by atoms with Gasteiger partial charge in [0.1, 0.15) is 163 Å². The predicted octanol–water partition coefficient (Wildman–Crippen LogP) is -21.4. The lowest BCUT2D eigenvalue weighted by Gasteiger charge is -2.48. The van der Waals surface area contributed by atoms with Crippen LogP contribution in [0.5, 0.6) is 0 Å². The monoisotopic (exact) mass is 931 g/mol. The minimum Gasteiger partial charge on any atom is -0.336 e. The zero-order chi connectivity index (χ0) is 53.1. The second kappa shape index (κ2) is 18.7. The van der Waals surface area contributed by atoms with Crippen LogP contribution < -0.4 is 49.3 Å². The second-order valence-electron chi connectivity index (χ2n) is 24.6. The lowest BCUT2D eigenvalue weighted by molar-refractivity contribution is -0.136. The molecule has 1 aromatic heterocycles. The summed E-state index contributed by atoms with van der Waals surface area (Å²) in [7, 11) is 44.6. The number of amides is 1. The van der Waals surface area contributed by atoms with Gasteiger partial charge in [0.05, 0.1) is 21.0 Å². The molecule has 0 unspecified atom stereocenters. The van der Waals surface area contributed by atoms with Crippen molar-refractivity contribution in [2.45, 2.75) is 67.9 Å². The predicted molar refractivity (Wildman–Crippen MR) is 347 cm³/mol. The van der Waals surface area contributed by atoms with Crippen molar-refractivity contribution >= 4 is 234 Å². The van der Waals surface area contributed by atoms with E-state index >= 15 is 4.79 Å². The normalized spacial score (nSPS) is 15.8. The summed E-state index contributed by atoms with van der Waals surface area (Å²) in [5, 5.41) is -3.03. The zero-order valence-corrected chi connectivity index (χ0v) is 47.3. The highest BCUT2D eigenvalue weighted by molar-refractivity contribution is 8.02. The van der Waals surface area contributed by atoms with Crippen molar-refractivity contribution in [1.29, 1.82) is 0 Å². The van der Waals surface area contributed by atoms with Crippen molar-refractivity contribution in [3.05, 3.63) is 68.4 Å². The van der Waals surface area contributed by atoms with E-state index in [9.17, 15) is 22.4 Å². The first-order valence-corrected chi connectivity index (χ1v) is 25.3. The second-order valence-corrected chi connectivity index (χ2v) is 26.2. The molecule has 0 bridgehead atoms. The molecule has 1 aliphatic carbocycles. The molecule has 1 amide bonds. The number of halogens is 4. The minimum absolute atomic E-state index is 0.142. The fraction of sp³-hybridized carbons (Fsp3) is 0.361. The molecule has 336 valence electrons. The van der Waals surface area contributed by atoms with Crippen molar-refractivity contribution in [2.24, 2.45) is 0 Å². The van der Waals surface area contributed by atoms with Crippen molar-refractivity contribution in [2.75, 3.05) is 13.1 Å². The molecule has 33 heteroatoms. The van der Waals surface area contributed by atoms with Gasteiger partial charge in [0, 0.05) is 36.5 Å². The third-order valence-corrected chi connectivity index (χ3v) is 18.4. The molecular weight excluding hydrogens is 866 g/mol. The largest absolute Gasteiger partial charge is 0.415 e. The Morgan fingerprint density at radius 2 is 1.12 bits per heavy atom. The Hall–Kier alpha value is -2.53. The summed E-state index contributed by atoms with van der Waals surface area (Å²) in [6, 6.07) is 6.38. The fourth-order valence-corrected chi connectivity index (χ4v) is 13.0. The SMILES string of the molecule is Bc1c(B)c(-c2c(B)c(B)c(C(F)(F)F)c(B)c2B)c(B)c(B)c1CN(CCN(C(B)(B)C)C(B)(B)C)C(=O)C(B)(B)n1c(SC(B)(B)c2ccc(F)cc2)nc(=O)c2c1C(B)(B)C(B)(B)C2(B)B. The summed E-state index contributed by atoms with van der Waals surface area (Å²) in [5.74, 6) is -0.487. The van der Waals surface area contributed by atoms with Crippen LogP contribution in [-0.2, 0) is 37.8 Å². The summed E-state index contributed by atoms with van der Waals surface area (Å²) in [4.78, 5) is 40.3. The van der Waals surface area contributed by atoms with E-state index in [0.29, 0.717) is 34.7 Å². The highest BCUT2D eigenvalue weighted by Crippen LogP contribution is 2.58. The van der Waals surface area contributed by atoms with Crippen LogP contribution >= 0.6 is 11.8 Å². The number of rotatable bonds is 13. The number of carbonyl (C=O) groups excluding carboxylic acids is 1. The number of benzene rings is 3. The molecule has 69 heavy (non-hydrogen) atoms. The number of thioether (sulfide) groups is 1. The van der Waals surface area contributed by atoms with E-state index in [1.165, 1.54) is 23.9 Å². The summed E-state index contributed by atoms with van der Waals surface area (Å²) >= 11 is 1.40. The van der Waals surface area contributed by atoms with Crippen LogP contribution in [0.3, 0.4) is 0 Å². The standard InChI is InChI=1S/C36H60B22F4N4O2S/c1-29(45,46)65(30(2,47)48)8-7-64(9-12-17(37)19(39)13(20(40)18(12)38)14-21(41)23(43)15(35(60,61)62)24(44)22(14)42)27(68)33(53,54)66-25-16(31(49,50)36(57,58)32(25,51)52)26(67)63-28(66)69-34(55,56)10-3-5-11(59)6-4-10/h3-6H,7-9,37-58H2,1-2H3. The third-order valence-electron chi connectivity index (χ3n) is 17.2. The summed E-state index contributed by atoms with van der Waals surface area (Å²) in [5.41, 5.74) is 9.68. The summed E-state index contributed by atoms with van der Waals surface area (Å²) < 4.78 is 59.0. The number of carbonyl (C=O) groups is 1. The molecule has 6 nitrogen and oxygen atoms in total. The smallest absolute Gasteiger partial charge is 0.336 e. The van der Waals surface area contributed by atoms with Gasteiger partial charge in [-0.15, -0.1) is 0 Å². The van der Waals surface area contributed by atoms with Crippen LogP contribution in [0, 0.1) is 5.82 Å². The van der Waals surface area contributed by atoms with Crippen LogP contribution in [0.15, 0.2) is 34.2 Å². The molecule has 1 aliphatic rings. The molecule has 5 rings (SSSR count). The average Bonchev–Trinajstić information content (AvgIpc) is 3.29. The Morgan fingerprint density at radius 1 is 0.681 bits per heavy atom. The molecule has 0 aliphatic heterocycles. The number of aromatic nitrogens is 2. The Morgan fingerprint density at radius 3 is 1.54 bits per heavy atom. The topological polar surface area (TPSA) is 58.4 Å². The van der Waals surface area contributed by atoms with Gasteiger partial charge in [-0.05, 0) is 49.6 Å². The molecule has 0 N–H and O–H groups in total. The van der Waals surface area contributed by atoms with Crippen LogP contribution in [-0.4, -0.2) is 222 Å². The van der Waals surface area contributed by atoms with Gasteiger partial charge in [0.15, 0.2) is 5.16 Å². The van der Waals surface area contributed by atoms with E-state index in [1.807, 2.05) is 52.0 Å². The molecule has 3 aromatic carbocycles. The van der Waals surface area contributed by atoms with Gasteiger partial charge < -0.3 is 14.4 Å². The van der Waals surface area contributed by atoms with Crippen LogP contribution in [0.4, 0.5) is 17.6 Å². The van der Waals surface area contributed by atoms with Crippen molar-refractivity contribution in [3.8, 4) is 11.1 Å². The molecule has 1 heterocycles. The van der Waals surface area contributed by atoms with E-state index in [2.05, 4.69) is 117 Å². The molecule has 0 spiro atoms. The van der Waals surface area contributed by atoms with E-state index in [0.717, 1.165) is 49.8 Å². The Labute approximate surface area is 433 Å². The molecule has 0 fully saturated rings. The lowest BCUT2D eigenvalue weighted by Crippen LogP contribution is -2.63. The molecule has 0 atom stereocenters. The first kappa shape index (κ1) is 57.4. The maximum absolute atomic E-state index is 16.3. The van der Waals surface area contributed by atoms with Gasteiger partial charge in [-0.25, -0.2) is 4.39 Å². The first-order chi connectivity index (χ1) is 31.0. The summed E-state index contributed by atoms with van der Waals surface area (Å²) in [6.45, 7) is 5.60. The number of fused-ring (bicyclic) bond motifs is 1. The van der Waals surface area contributed by atoms with Crippen molar-refractivity contribution in [3.63, 3.8) is 0 Å². The van der Waals surface area contributed by atoms with Gasteiger partial charge in [-0.2, -0.15) is 18.2 Å². The molecular formula is C36H60B22F4N4O2S. The average molecular weight is 927 g/mol. The third kappa shape index (κ3) is 9.87. The number of hydrogen-bond acceptors (Lipinski definition) is 5. The lowest BCUT2D eigenvalue weighted by atomic mass is 9.20. The fourth-order valence-electron chi connectivity index (χ4n) is 11.7. The quantitative estimate of drug-likeness (QED) is 0.0579. The van der Waals surface area contributed by atoms with E-state index in [4.69, 9.17) is 4.98 Å². The maximum atomic E-state index is 16.3. The Balaban J connectivity index is 1.81. The van der Waals surface area contributed by atoms with Gasteiger partial charge in [-0.3, -0.25) is 9.59 Å². The highest BCUT2D eigenvalue weighted by atomic mass is 32.2. The zero-order valence-electron chi connectivity index (χ0n) is 46.5. The van der Waals surface area contributed by atoms with E-state index in [-0.39, 0.29) is 45.4 Å². The van der Waals surface area contributed by atoms with Gasteiger partial charge in [0.2, 0.25) is 5.91 Å². The highest BCUT2D eigenvalue weighted by Gasteiger charge is 2.60. The molecule has 0 saturated carbocycles. The minimum atomic E-state index is -4.48. The van der Waals surface area contributed by atoms with Gasteiger partial charge in [0.25, 0.3) is 5.56 Å². The van der Waals surface area contributed by atoms with Crippen LogP contribution in [0.25, 0.3) is 11.1 Å². The van der Waals surface area contributed by atoms with Crippen LogP contribution in [0.2, 0.25) is 5.21 Å². The van der Waals surface area contributed by atoms with Crippen molar-refractivity contribution < 1.29 is 22.4 Å². The maximum Gasteiger partial charge on any atom is 0.415 e. The Kier molecular flexibility index (Phi) is 15.6. The number of alkyl halides is 3. The Bertz CT molecular complexity index is 2730. The van der Waals surface area contributed by atoms with Crippen molar-refractivity contribution in [1.82, 2.24) is 19.4 Å².